The van der Waals surface area contributed by atoms with E-state index in [1.807, 2.05) is 6.92 Å². The number of pyridine rings is 1. The summed E-state index contributed by atoms with van der Waals surface area (Å²) >= 11 is 0. The molecule has 4 heteroatoms. The number of carbonyl (C=O) groups is 1. The van der Waals surface area contributed by atoms with E-state index in [9.17, 15) is 4.79 Å². The molecule has 0 bridgehead atoms. The van der Waals surface area contributed by atoms with Crippen molar-refractivity contribution in [2.45, 2.75) is 19.8 Å². The molecule has 0 saturated heterocycles. The quantitative estimate of drug-likeness (QED) is 0.599. The number of amides is 1. The highest BCUT2D eigenvalue weighted by Crippen LogP contribution is 2.30. The Morgan fingerprint density at radius 1 is 1.53 bits per heavy atom. The maximum absolute atomic E-state index is 11.5. The Morgan fingerprint density at radius 3 is 2.93 bits per heavy atom. The molecule has 0 spiro atoms. The molecule has 0 radical (unpaired) electrons. The second-order valence-electron chi connectivity index (χ2n) is 3.68. The van der Waals surface area contributed by atoms with Gasteiger partial charge in [-0.3, -0.25) is 9.78 Å². The highest BCUT2D eigenvalue weighted by molar-refractivity contribution is 5.94. The molecule has 0 aromatic carbocycles. The zero-order valence-electron chi connectivity index (χ0n) is 8.60. The van der Waals surface area contributed by atoms with Crippen molar-refractivity contribution in [3.63, 3.8) is 0 Å². The number of nitrogens with zero attached hydrogens (tertiary/aromatic N) is 2. The van der Waals surface area contributed by atoms with Crippen molar-refractivity contribution in [2.75, 3.05) is 0 Å². The van der Waals surface area contributed by atoms with Crippen LogP contribution in [-0.2, 0) is 0 Å². The molecule has 1 amide bonds. The summed E-state index contributed by atoms with van der Waals surface area (Å²) in [6.45, 7) is 1.94. The predicted molar refractivity (Wildman–Crippen MR) is 57.5 cm³/mol. The average molecular weight is 203 g/mol. The first-order valence-electron chi connectivity index (χ1n) is 5.03. The molecule has 1 N–H and O–H groups in total. The molecule has 1 saturated carbocycles. The summed E-state index contributed by atoms with van der Waals surface area (Å²) < 4.78 is 0. The van der Waals surface area contributed by atoms with Crippen LogP contribution in [0.2, 0.25) is 0 Å². The van der Waals surface area contributed by atoms with Gasteiger partial charge in [-0.25, -0.2) is 5.43 Å². The van der Waals surface area contributed by atoms with Crippen molar-refractivity contribution >= 4 is 11.6 Å². The molecule has 0 atom stereocenters. The summed E-state index contributed by atoms with van der Waals surface area (Å²) in [7, 11) is 0. The van der Waals surface area contributed by atoms with E-state index in [1.165, 1.54) is 12.8 Å². The van der Waals surface area contributed by atoms with Gasteiger partial charge in [0.05, 0.1) is 0 Å². The van der Waals surface area contributed by atoms with Crippen molar-refractivity contribution in [2.24, 2.45) is 11.0 Å². The third-order valence-corrected chi connectivity index (χ3v) is 2.40. The van der Waals surface area contributed by atoms with Crippen LogP contribution in [0.3, 0.4) is 0 Å². The fraction of sp³-hybridized carbons (Fsp3) is 0.364. The lowest BCUT2D eigenvalue weighted by Crippen LogP contribution is -2.20. The van der Waals surface area contributed by atoms with Gasteiger partial charge in [-0.1, -0.05) is 6.07 Å². The highest BCUT2D eigenvalue weighted by Gasteiger charge is 2.24. The number of nitrogens with one attached hydrogen (secondary N) is 1. The minimum Gasteiger partial charge on any atom is -0.266 e. The summed E-state index contributed by atoms with van der Waals surface area (Å²) in [5, 5.41) is 4.04. The first kappa shape index (κ1) is 9.83. The Labute approximate surface area is 88.4 Å². The van der Waals surface area contributed by atoms with Gasteiger partial charge in [0, 0.05) is 11.9 Å². The van der Waals surface area contributed by atoms with Crippen LogP contribution in [0.4, 0.5) is 0 Å². The third-order valence-electron chi connectivity index (χ3n) is 2.40. The zero-order chi connectivity index (χ0) is 10.7. The van der Waals surface area contributed by atoms with Gasteiger partial charge in [-0.15, -0.1) is 0 Å². The number of hydrazone groups is 1. The van der Waals surface area contributed by atoms with Crippen LogP contribution in [0.25, 0.3) is 0 Å². The molecule has 2 rings (SSSR count). The number of hydrogen-bond donors (Lipinski definition) is 1. The van der Waals surface area contributed by atoms with Crippen LogP contribution in [0.15, 0.2) is 29.5 Å². The number of aromatic nitrogens is 1. The second kappa shape index (κ2) is 4.21. The van der Waals surface area contributed by atoms with E-state index in [0.29, 0.717) is 11.6 Å². The first-order chi connectivity index (χ1) is 7.27. The van der Waals surface area contributed by atoms with Gasteiger partial charge in [-0.2, -0.15) is 5.10 Å². The lowest BCUT2D eigenvalue weighted by molar-refractivity contribution is 0.0949. The summed E-state index contributed by atoms with van der Waals surface area (Å²) in [6.07, 6.45) is 3.97. The van der Waals surface area contributed by atoms with E-state index >= 15 is 0 Å². The van der Waals surface area contributed by atoms with Gasteiger partial charge in [0.2, 0.25) is 0 Å². The molecular weight excluding hydrogens is 190 g/mol. The Balaban J connectivity index is 1.95. The largest absolute Gasteiger partial charge is 0.289 e. The minimum absolute atomic E-state index is 0.254. The van der Waals surface area contributed by atoms with Gasteiger partial charge in [-0.05, 0) is 37.8 Å². The van der Waals surface area contributed by atoms with Crippen molar-refractivity contribution < 1.29 is 4.79 Å². The highest BCUT2D eigenvalue weighted by atomic mass is 16.2. The Kier molecular flexibility index (Phi) is 2.76. The van der Waals surface area contributed by atoms with E-state index in [1.54, 1.807) is 24.4 Å². The van der Waals surface area contributed by atoms with Gasteiger partial charge in [0.1, 0.15) is 5.69 Å². The van der Waals surface area contributed by atoms with Crippen LogP contribution in [-0.4, -0.2) is 16.6 Å². The van der Waals surface area contributed by atoms with Crippen molar-refractivity contribution in [3.8, 4) is 0 Å². The molecule has 1 aromatic heterocycles. The summed E-state index contributed by atoms with van der Waals surface area (Å²) in [4.78, 5) is 15.4. The molecule has 4 nitrogen and oxygen atoms in total. The lowest BCUT2D eigenvalue weighted by atomic mass is 10.3. The summed E-state index contributed by atoms with van der Waals surface area (Å²) in [6, 6.07) is 5.21. The Hall–Kier alpha value is -1.71. The number of hydrogen-bond acceptors (Lipinski definition) is 3. The smallest absolute Gasteiger partial charge is 0.266 e. The van der Waals surface area contributed by atoms with Crippen molar-refractivity contribution in [1.29, 1.82) is 0 Å². The number of carbonyl (C=O) groups excluding carboxylic acids is 1. The van der Waals surface area contributed by atoms with Gasteiger partial charge in [0.25, 0.3) is 5.91 Å². The summed E-state index contributed by atoms with van der Waals surface area (Å²) in [5.74, 6) is 0.324. The van der Waals surface area contributed by atoms with E-state index in [0.717, 1.165) is 5.71 Å². The molecule has 78 valence electrons. The predicted octanol–water partition coefficient (Wildman–Crippen LogP) is 1.60. The maximum atomic E-state index is 11.5. The molecule has 1 aromatic rings. The molecule has 1 aliphatic carbocycles. The SMILES string of the molecule is C/C(=N\NC(=O)c1ccccn1)C1CC1. The van der Waals surface area contributed by atoms with Gasteiger partial charge in [0.15, 0.2) is 0 Å². The normalized spacial score (nSPS) is 16.2. The monoisotopic (exact) mass is 203 g/mol. The summed E-state index contributed by atoms with van der Waals surface area (Å²) in [5.41, 5.74) is 3.90. The van der Waals surface area contributed by atoms with Crippen LogP contribution < -0.4 is 5.43 Å². The third kappa shape index (κ3) is 2.62. The van der Waals surface area contributed by atoms with E-state index in [2.05, 4.69) is 15.5 Å². The Morgan fingerprint density at radius 2 is 2.33 bits per heavy atom. The van der Waals surface area contributed by atoms with Gasteiger partial charge < -0.3 is 0 Å². The fourth-order valence-corrected chi connectivity index (χ4v) is 1.29. The maximum Gasteiger partial charge on any atom is 0.289 e. The van der Waals surface area contributed by atoms with E-state index in [-0.39, 0.29) is 5.91 Å². The van der Waals surface area contributed by atoms with Crippen LogP contribution in [0, 0.1) is 5.92 Å². The molecule has 15 heavy (non-hydrogen) atoms. The Bertz CT molecular complexity index is 382. The molecular formula is C11H13N3O. The minimum atomic E-state index is -0.254. The molecule has 0 aliphatic heterocycles. The average Bonchev–Trinajstić information content (AvgIpc) is 3.10. The standard InChI is InChI=1S/C11H13N3O/c1-8(9-5-6-9)13-14-11(15)10-4-2-3-7-12-10/h2-4,7,9H,5-6H2,1H3,(H,14,15)/b13-8+. The topological polar surface area (TPSA) is 54.4 Å². The van der Waals surface area contributed by atoms with E-state index in [4.69, 9.17) is 0 Å². The van der Waals surface area contributed by atoms with Crippen molar-refractivity contribution in [1.82, 2.24) is 10.4 Å². The zero-order valence-corrected chi connectivity index (χ0v) is 8.60. The first-order valence-corrected chi connectivity index (χ1v) is 5.03. The van der Waals surface area contributed by atoms with Crippen LogP contribution in [0.5, 0.6) is 0 Å². The molecule has 1 aliphatic rings. The molecule has 1 fully saturated rings. The van der Waals surface area contributed by atoms with Crippen molar-refractivity contribution in [3.05, 3.63) is 30.1 Å². The number of rotatable bonds is 3. The second-order valence-corrected chi connectivity index (χ2v) is 3.68. The molecule has 1 heterocycles. The van der Waals surface area contributed by atoms with Crippen LogP contribution >= 0.6 is 0 Å². The fourth-order valence-electron chi connectivity index (χ4n) is 1.29. The lowest BCUT2D eigenvalue weighted by Gasteiger charge is -2.00. The van der Waals surface area contributed by atoms with Gasteiger partial charge >= 0.3 is 0 Å². The van der Waals surface area contributed by atoms with Crippen LogP contribution in [0.1, 0.15) is 30.3 Å². The van der Waals surface area contributed by atoms with E-state index < -0.39 is 0 Å². The molecule has 0 unspecified atom stereocenters.